The Morgan fingerprint density at radius 1 is 1.19 bits per heavy atom. The third-order valence-corrected chi connectivity index (χ3v) is 6.57. The Kier molecular flexibility index (Phi) is 6.06. The van der Waals surface area contributed by atoms with E-state index in [9.17, 15) is 13.2 Å². The van der Waals surface area contributed by atoms with Crippen LogP contribution in [0.1, 0.15) is 17.3 Å². The maximum absolute atomic E-state index is 15.2. The number of H-pyrrole nitrogens is 1. The number of hydrogen-bond acceptors (Lipinski definition) is 5. The van der Waals surface area contributed by atoms with Crippen LogP contribution in [0.25, 0.3) is 22.0 Å². The largest absolute Gasteiger partial charge is 0.305 e. The fourth-order valence-corrected chi connectivity index (χ4v) is 4.77. The number of sulfonamides is 1. The third kappa shape index (κ3) is 4.56. The molecule has 7 nitrogen and oxygen atoms in total. The Labute approximate surface area is 188 Å². The lowest BCUT2D eigenvalue weighted by molar-refractivity contribution is 0.102. The molecule has 2 aromatic heterocycles. The van der Waals surface area contributed by atoms with Crippen molar-refractivity contribution in [3.8, 4) is 11.1 Å². The van der Waals surface area contributed by atoms with Crippen LogP contribution < -0.4 is 10.0 Å². The van der Waals surface area contributed by atoms with E-state index in [1.165, 1.54) is 11.3 Å². The zero-order valence-electron chi connectivity index (χ0n) is 16.9. The second kappa shape index (κ2) is 8.93. The quantitative estimate of drug-likeness (QED) is 0.331. The molecule has 0 atom stereocenters. The van der Waals surface area contributed by atoms with Gasteiger partial charge in [-0.25, -0.2) is 12.8 Å². The highest BCUT2D eigenvalue weighted by atomic mass is 32.2. The molecule has 32 heavy (non-hydrogen) atoms. The van der Waals surface area contributed by atoms with Crippen molar-refractivity contribution in [3.63, 3.8) is 0 Å². The van der Waals surface area contributed by atoms with E-state index < -0.39 is 15.8 Å². The maximum atomic E-state index is 15.2. The van der Waals surface area contributed by atoms with Crippen LogP contribution in [0, 0.1) is 5.82 Å². The van der Waals surface area contributed by atoms with Crippen molar-refractivity contribution in [2.24, 2.45) is 0 Å². The molecule has 2 heterocycles. The predicted octanol–water partition coefficient (Wildman–Crippen LogP) is 5.00. The fraction of sp³-hybridized carbons (Fsp3) is 0.0909. The lowest BCUT2D eigenvalue weighted by Crippen LogP contribution is -2.15. The molecule has 0 saturated carbocycles. The molecule has 0 radical (unpaired) electrons. The number of nitrogens with one attached hydrogen (secondary N) is 3. The zero-order chi connectivity index (χ0) is 22.7. The van der Waals surface area contributed by atoms with E-state index in [0.717, 1.165) is 0 Å². The van der Waals surface area contributed by atoms with Crippen LogP contribution in [0.15, 0.2) is 65.4 Å². The molecule has 0 bridgehead atoms. The zero-order valence-corrected chi connectivity index (χ0v) is 18.6. The molecular formula is C22H19FN4O3S2. The van der Waals surface area contributed by atoms with Crippen molar-refractivity contribution in [1.82, 2.24) is 10.2 Å². The average Bonchev–Trinajstić information content (AvgIpc) is 3.44. The third-order valence-electron chi connectivity index (χ3n) is 4.71. The van der Waals surface area contributed by atoms with Gasteiger partial charge in [0.05, 0.1) is 11.3 Å². The van der Waals surface area contributed by atoms with Crippen LogP contribution in [0.4, 0.5) is 15.9 Å². The van der Waals surface area contributed by atoms with Crippen molar-refractivity contribution < 1.29 is 17.6 Å². The van der Waals surface area contributed by atoms with E-state index in [-0.39, 0.29) is 23.0 Å². The molecule has 1 amide bonds. The highest BCUT2D eigenvalue weighted by Gasteiger charge is 2.17. The molecule has 0 unspecified atom stereocenters. The molecule has 0 saturated heterocycles. The first kappa shape index (κ1) is 21.7. The molecule has 0 aliphatic heterocycles. The van der Waals surface area contributed by atoms with Crippen molar-refractivity contribution in [1.29, 1.82) is 0 Å². The van der Waals surface area contributed by atoms with Crippen molar-refractivity contribution in [2.45, 2.75) is 6.92 Å². The summed E-state index contributed by atoms with van der Waals surface area (Å²) in [6.07, 6.45) is 3.21. The summed E-state index contributed by atoms with van der Waals surface area (Å²) in [4.78, 5) is 12.3. The summed E-state index contributed by atoms with van der Waals surface area (Å²) in [5, 5.41) is 13.3. The van der Waals surface area contributed by atoms with Crippen LogP contribution in [-0.2, 0) is 10.0 Å². The molecule has 2 aromatic carbocycles. The number of rotatable bonds is 7. The number of fused-ring (bicyclic) bond motifs is 1. The Morgan fingerprint density at radius 3 is 2.66 bits per heavy atom. The second-order valence-electron chi connectivity index (χ2n) is 6.92. The second-order valence-corrected chi connectivity index (χ2v) is 9.46. The number of carbonyl (C=O) groups excluding carboxylic acids is 1. The van der Waals surface area contributed by atoms with Gasteiger partial charge in [0.1, 0.15) is 5.52 Å². The van der Waals surface area contributed by atoms with E-state index >= 15 is 4.39 Å². The van der Waals surface area contributed by atoms with Gasteiger partial charge < -0.3 is 5.32 Å². The molecule has 4 rings (SSSR count). The van der Waals surface area contributed by atoms with Crippen LogP contribution >= 0.6 is 11.3 Å². The molecule has 0 aliphatic carbocycles. The van der Waals surface area contributed by atoms with Crippen molar-refractivity contribution in [2.75, 3.05) is 15.8 Å². The topological polar surface area (TPSA) is 104 Å². The minimum absolute atomic E-state index is 0.123. The van der Waals surface area contributed by atoms with Crippen LogP contribution in [0.5, 0.6) is 0 Å². The molecular weight excluding hydrogens is 451 g/mol. The number of amides is 1. The molecule has 4 aromatic rings. The molecule has 164 valence electrons. The summed E-state index contributed by atoms with van der Waals surface area (Å²) >= 11 is 1.40. The number of nitrogens with zero attached hydrogens (tertiary/aromatic N) is 1. The van der Waals surface area contributed by atoms with E-state index in [1.807, 2.05) is 0 Å². The van der Waals surface area contributed by atoms with E-state index in [2.05, 4.69) is 20.2 Å². The van der Waals surface area contributed by atoms with E-state index in [1.54, 1.807) is 72.3 Å². The first-order valence-electron chi connectivity index (χ1n) is 9.60. The van der Waals surface area contributed by atoms with Gasteiger partial charge in [-0.05, 0) is 42.1 Å². The number of allylic oxidation sites excluding steroid dienone is 1. The number of hydrogen-bond donors (Lipinski definition) is 3. The number of halogens is 1. The number of aromatic amines is 1. The Bertz CT molecular complexity index is 1390. The van der Waals surface area contributed by atoms with Gasteiger partial charge in [-0.15, -0.1) is 0 Å². The van der Waals surface area contributed by atoms with Gasteiger partial charge in [0.15, 0.2) is 11.6 Å². The summed E-state index contributed by atoms with van der Waals surface area (Å²) in [7, 11) is -3.49. The lowest BCUT2D eigenvalue weighted by Gasteiger charge is -2.09. The minimum atomic E-state index is -3.49. The fourth-order valence-electron chi connectivity index (χ4n) is 3.11. The van der Waals surface area contributed by atoms with E-state index in [0.29, 0.717) is 27.8 Å². The SMILES string of the molecule is C/C=C\CS(=O)(=O)Nc1ccc(-c2ccc3c(NC(=O)c4ccsc4)n[nH]c3c2F)cc1. The lowest BCUT2D eigenvalue weighted by atomic mass is 10.0. The van der Waals surface area contributed by atoms with Crippen molar-refractivity contribution in [3.05, 3.63) is 76.8 Å². The molecule has 3 N–H and O–H groups in total. The number of thiophene rings is 1. The molecule has 0 fully saturated rings. The van der Waals surface area contributed by atoms with Crippen LogP contribution in [-0.4, -0.2) is 30.3 Å². The Balaban J connectivity index is 1.57. The number of carbonyl (C=O) groups is 1. The summed E-state index contributed by atoms with van der Waals surface area (Å²) in [6, 6.07) is 11.4. The summed E-state index contributed by atoms with van der Waals surface area (Å²) in [5.41, 5.74) is 1.95. The van der Waals surface area contributed by atoms with Gasteiger partial charge in [-0.2, -0.15) is 16.4 Å². The Morgan fingerprint density at radius 2 is 1.97 bits per heavy atom. The highest BCUT2D eigenvalue weighted by Crippen LogP contribution is 2.31. The molecule has 10 heteroatoms. The molecule has 0 spiro atoms. The number of anilines is 2. The maximum Gasteiger partial charge on any atom is 0.257 e. The molecule has 0 aliphatic rings. The van der Waals surface area contributed by atoms with Gasteiger partial charge in [0.25, 0.3) is 5.91 Å². The van der Waals surface area contributed by atoms with Gasteiger partial charge in [-0.3, -0.25) is 14.6 Å². The minimum Gasteiger partial charge on any atom is -0.305 e. The van der Waals surface area contributed by atoms with Gasteiger partial charge in [0.2, 0.25) is 10.0 Å². The number of aromatic nitrogens is 2. The summed E-state index contributed by atoms with van der Waals surface area (Å²) in [6.45, 7) is 1.75. The van der Waals surface area contributed by atoms with Gasteiger partial charge in [0, 0.05) is 22.0 Å². The first-order valence-corrected chi connectivity index (χ1v) is 12.2. The first-order chi connectivity index (χ1) is 15.4. The normalized spacial score (nSPS) is 11.8. The van der Waals surface area contributed by atoms with E-state index in [4.69, 9.17) is 0 Å². The predicted molar refractivity (Wildman–Crippen MR) is 126 cm³/mol. The smallest absolute Gasteiger partial charge is 0.257 e. The Hall–Kier alpha value is -3.50. The van der Waals surface area contributed by atoms with Crippen molar-refractivity contribution >= 4 is 49.7 Å². The van der Waals surface area contributed by atoms with Crippen LogP contribution in [0.3, 0.4) is 0 Å². The van der Waals surface area contributed by atoms with Crippen LogP contribution in [0.2, 0.25) is 0 Å². The summed E-state index contributed by atoms with van der Waals surface area (Å²) < 4.78 is 41.7. The average molecular weight is 471 g/mol. The monoisotopic (exact) mass is 470 g/mol. The summed E-state index contributed by atoms with van der Waals surface area (Å²) in [5.74, 6) is -0.724. The van der Waals surface area contributed by atoms with Gasteiger partial charge >= 0.3 is 0 Å². The standard InChI is InChI=1S/C22H19FN4O3S2/c1-2-3-12-32(29,30)27-16-6-4-14(5-7-16)17-8-9-18-20(19(17)23)25-26-21(18)24-22(28)15-10-11-31-13-15/h2-11,13,27H,12H2,1H3,(H2,24,25,26,28)/b3-2-. The van der Waals surface area contributed by atoms with Gasteiger partial charge in [-0.1, -0.05) is 30.4 Å². The number of benzene rings is 2. The highest BCUT2D eigenvalue weighted by molar-refractivity contribution is 7.92.